The zero-order valence-corrected chi connectivity index (χ0v) is 11.3. The van der Waals surface area contributed by atoms with E-state index in [9.17, 15) is 0 Å². The van der Waals surface area contributed by atoms with Crippen LogP contribution in [0.15, 0.2) is 24.7 Å². The Morgan fingerprint density at radius 3 is 2.83 bits per heavy atom. The first kappa shape index (κ1) is 12.8. The standard InChI is InChI=1S/C13H21N5/c1-4-11(2)18-13(5-6-15-18)9-14-7-12-8-16-17(3)10-12/h5-6,8,10-11,14H,4,7,9H2,1-3H3/t11-/m0/s1. The SMILES string of the molecule is CC[C@H](C)n1nccc1CNCc1cnn(C)c1. The molecule has 0 spiro atoms. The van der Waals surface area contributed by atoms with E-state index in [-0.39, 0.29) is 0 Å². The van der Waals surface area contributed by atoms with Gasteiger partial charge in [0.2, 0.25) is 0 Å². The van der Waals surface area contributed by atoms with E-state index in [1.54, 1.807) is 0 Å². The van der Waals surface area contributed by atoms with E-state index < -0.39 is 0 Å². The van der Waals surface area contributed by atoms with Crippen LogP contribution in [-0.4, -0.2) is 19.6 Å². The highest BCUT2D eigenvalue weighted by molar-refractivity contribution is 5.05. The van der Waals surface area contributed by atoms with Gasteiger partial charge in [-0.05, 0) is 19.4 Å². The third-order valence-electron chi connectivity index (χ3n) is 3.15. The minimum absolute atomic E-state index is 0.454. The summed E-state index contributed by atoms with van der Waals surface area (Å²) >= 11 is 0. The minimum Gasteiger partial charge on any atom is -0.307 e. The van der Waals surface area contributed by atoms with E-state index in [4.69, 9.17) is 0 Å². The van der Waals surface area contributed by atoms with Gasteiger partial charge in [-0.1, -0.05) is 6.92 Å². The molecular formula is C13H21N5. The van der Waals surface area contributed by atoms with E-state index in [2.05, 4.69) is 40.1 Å². The smallest absolute Gasteiger partial charge is 0.0534 e. The van der Waals surface area contributed by atoms with Gasteiger partial charge in [0, 0.05) is 44.1 Å². The van der Waals surface area contributed by atoms with Crippen LogP contribution in [-0.2, 0) is 20.1 Å². The minimum atomic E-state index is 0.454. The van der Waals surface area contributed by atoms with Crippen molar-refractivity contribution < 1.29 is 0 Å². The molecule has 5 nitrogen and oxygen atoms in total. The molecule has 0 radical (unpaired) electrons. The van der Waals surface area contributed by atoms with Crippen LogP contribution >= 0.6 is 0 Å². The van der Waals surface area contributed by atoms with Crippen molar-refractivity contribution in [1.29, 1.82) is 0 Å². The fourth-order valence-electron chi connectivity index (χ4n) is 1.95. The second kappa shape index (κ2) is 5.82. The van der Waals surface area contributed by atoms with Crippen molar-refractivity contribution >= 4 is 0 Å². The van der Waals surface area contributed by atoms with E-state index >= 15 is 0 Å². The van der Waals surface area contributed by atoms with Gasteiger partial charge in [-0.3, -0.25) is 9.36 Å². The lowest BCUT2D eigenvalue weighted by molar-refractivity contribution is 0.451. The van der Waals surface area contributed by atoms with Crippen LogP contribution in [0.4, 0.5) is 0 Å². The molecule has 0 aliphatic carbocycles. The molecule has 2 aromatic rings. The zero-order valence-electron chi connectivity index (χ0n) is 11.3. The molecule has 0 amide bonds. The molecule has 2 rings (SSSR count). The van der Waals surface area contributed by atoms with E-state index in [1.165, 1.54) is 11.3 Å². The summed E-state index contributed by atoms with van der Waals surface area (Å²) in [5.41, 5.74) is 2.43. The highest BCUT2D eigenvalue weighted by Crippen LogP contribution is 2.12. The van der Waals surface area contributed by atoms with E-state index in [1.807, 2.05) is 30.3 Å². The van der Waals surface area contributed by atoms with Gasteiger partial charge >= 0.3 is 0 Å². The maximum atomic E-state index is 4.38. The molecule has 1 N–H and O–H groups in total. The van der Waals surface area contributed by atoms with Crippen molar-refractivity contribution in [3.05, 3.63) is 35.9 Å². The predicted molar refractivity (Wildman–Crippen MR) is 71.0 cm³/mol. The molecule has 0 aliphatic rings. The molecule has 0 saturated heterocycles. The van der Waals surface area contributed by atoms with E-state index in [0.29, 0.717) is 6.04 Å². The summed E-state index contributed by atoms with van der Waals surface area (Å²) in [4.78, 5) is 0. The van der Waals surface area contributed by atoms with Crippen molar-refractivity contribution in [2.45, 2.75) is 39.4 Å². The van der Waals surface area contributed by atoms with Crippen LogP contribution in [0, 0.1) is 0 Å². The largest absolute Gasteiger partial charge is 0.307 e. The number of hydrogen-bond acceptors (Lipinski definition) is 3. The highest BCUT2D eigenvalue weighted by atomic mass is 15.3. The molecule has 0 aromatic carbocycles. The lowest BCUT2D eigenvalue weighted by Gasteiger charge is -2.13. The lowest BCUT2D eigenvalue weighted by atomic mass is 10.2. The van der Waals surface area contributed by atoms with Crippen LogP contribution in [0.2, 0.25) is 0 Å². The number of nitrogens with one attached hydrogen (secondary N) is 1. The first-order valence-corrected chi connectivity index (χ1v) is 6.41. The zero-order chi connectivity index (χ0) is 13.0. The monoisotopic (exact) mass is 247 g/mol. The van der Waals surface area contributed by atoms with Crippen molar-refractivity contribution in [2.24, 2.45) is 7.05 Å². The van der Waals surface area contributed by atoms with Crippen LogP contribution in [0.25, 0.3) is 0 Å². The van der Waals surface area contributed by atoms with Gasteiger partial charge < -0.3 is 5.32 Å². The molecule has 0 bridgehead atoms. The Bertz CT molecular complexity index is 485. The molecule has 0 fully saturated rings. The van der Waals surface area contributed by atoms with Gasteiger partial charge in [-0.2, -0.15) is 10.2 Å². The average molecular weight is 247 g/mol. The van der Waals surface area contributed by atoms with Crippen molar-refractivity contribution in [3.63, 3.8) is 0 Å². The van der Waals surface area contributed by atoms with Crippen molar-refractivity contribution in [1.82, 2.24) is 24.9 Å². The number of aryl methyl sites for hydroxylation is 1. The second-order valence-corrected chi connectivity index (χ2v) is 4.65. The summed E-state index contributed by atoms with van der Waals surface area (Å²) in [5.74, 6) is 0. The van der Waals surface area contributed by atoms with E-state index in [0.717, 1.165) is 19.5 Å². The molecule has 2 aromatic heterocycles. The maximum absolute atomic E-state index is 4.38. The van der Waals surface area contributed by atoms with Crippen LogP contribution in [0.3, 0.4) is 0 Å². The average Bonchev–Trinajstić information content (AvgIpc) is 2.98. The fourth-order valence-corrected chi connectivity index (χ4v) is 1.95. The Morgan fingerprint density at radius 1 is 1.33 bits per heavy atom. The Hall–Kier alpha value is -1.62. The molecule has 18 heavy (non-hydrogen) atoms. The topological polar surface area (TPSA) is 47.7 Å². The van der Waals surface area contributed by atoms with Gasteiger partial charge in [0.1, 0.15) is 0 Å². The quantitative estimate of drug-likeness (QED) is 0.848. The van der Waals surface area contributed by atoms with Crippen LogP contribution < -0.4 is 5.32 Å². The first-order valence-electron chi connectivity index (χ1n) is 6.41. The Labute approximate surface area is 108 Å². The lowest BCUT2D eigenvalue weighted by Crippen LogP contribution is -2.18. The molecule has 98 valence electrons. The van der Waals surface area contributed by atoms with Gasteiger partial charge in [0.05, 0.1) is 11.9 Å². The number of rotatable bonds is 6. The summed E-state index contributed by atoms with van der Waals surface area (Å²) < 4.78 is 3.91. The summed E-state index contributed by atoms with van der Waals surface area (Å²) in [6, 6.07) is 2.53. The predicted octanol–water partition coefficient (Wildman–Crippen LogP) is 1.88. The Balaban J connectivity index is 1.88. The highest BCUT2D eigenvalue weighted by Gasteiger charge is 2.07. The van der Waals surface area contributed by atoms with Gasteiger partial charge in [0.15, 0.2) is 0 Å². The third-order valence-corrected chi connectivity index (χ3v) is 3.15. The fraction of sp³-hybridized carbons (Fsp3) is 0.538. The summed E-state index contributed by atoms with van der Waals surface area (Å²) in [6.45, 7) is 6.04. The van der Waals surface area contributed by atoms with Gasteiger partial charge in [0.25, 0.3) is 0 Å². The first-order chi connectivity index (χ1) is 8.70. The number of hydrogen-bond donors (Lipinski definition) is 1. The van der Waals surface area contributed by atoms with Crippen molar-refractivity contribution in [2.75, 3.05) is 0 Å². The molecule has 1 atom stereocenters. The third kappa shape index (κ3) is 2.98. The molecule has 0 unspecified atom stereocenters. The second-order valence-electron chi connectivity index (χ2n) is 4.65. The molecule has 0 aliphatic heterocycles. The summed E-state index contributed by atoms with van der Waals surface area (Å²) in [6.07, 6.45) is 6.88. The van der Waals surface area contributed by atoms with Crippen LogP contribution in [0.5, 0.6) is 0 Å². The Kier molecular flexibility index (Phi) is 4.15. The van der Waals surface area contributed by atoms with Crippen LogP contribution in [0.1, 0.15) is 37.6 Å². The molecule has 5 heteroatoms. The molecular weight excluding hydrogens is 226 g/mol. The Morgan fingerprint density at radius 2 is 2.17 bits per heavy atom. The summed E-state index contributed by atoms with van der Waals surface area (Å²) in [5, 5.41) is 11.9. The molecule has 0 saturated carbocycles. The normalized spacial score (nSPS) is 12.8. The van der Waals surface area contributed by atoms with Gasteiger partial charge in [-0.25, -0.2) is 0 Å². The number of aromatic nitrogens is 4. The molecule has 2 heterocycles. The maximum Gasteiger partial charge on any atom is 0.0534 e. The summed E-state index contributed by atoms with van der Waals surface area (Å²) in [7, 11) is 1.93. The number of nitrogens with zero attached hydrogens (tertiary/aromatic N) is 4. The van der Waals surface area contributed by atoms with Gasteiger partial charge in [-0.15, -0.1) is 0 Å². The van der Waals surface area contributed by atoms with Crippen molar-refractivity contribution in [3.8, 4) is 0 Å².